The number of hydrogen-bond acceptors (Lipinski definition) is 4. The number of amides is 1. The number of ether oxygens (including phenoxy) is 2. The van der Waals surface area contributed by atoms with Gasteiger partial charge >= 0.3 is 0 Å². The molecule has 7 heteroatoms. The van der Waals surface area contributed by atoms with Gasteiger partial charge in [0.25, 0.3) is 5.91 Å². The standard InChI is InChI=1S/C26H32INO4Si/c1-6-14-28-22-12-7-18(27)16-21(22)26(25(28)30)17(2)24(23(32-26)13-15-29)33(4,5)20-10-8-19(31-3)9-11-20/h6-12,16-17,23-24,29H,1,13-15H2,2-5H3/t17-,23+,24-,26+/m1/s1. The van der Waals surface area contributed by atoms with E-state index in [0.717, 1.165) is 20.6 Å². The molecular weight excluding hydrogens is 545 g/mol. The quantitative estimate of drug-likeness (QED) is 0.301. The van der Waals surface area contributed by atoms with Gasteiger partial charge in [-0.05, 0) is 64.9 Å². The molecule has 1 spiro atoms. The van der Waals surface area contributed by atoms with Crippen molar-refractivity contribution in [1.82, 2.24) is 0 Å². The highest BCUT2D eigenvalue weighted by atomic mass is 127. The predicted octanol–water partition coefficient (Wildman–Crippen LogP) is 4.43. The highest BCUT2D eigenvalue weighted by Gasteiger charge is 2.66. The van der Waals surface area contributed by atoms with Gasteiger partial charge in [-0.2, -0.15) is 0 Å². The maximum atomic E-state index is 14.0. The molecule has 5 nitrogen and oxygen atoms in total. The minimum atomic E-state index is -2.13. The second-order valence-corrected chi connectivity index (χ2v) is 15.5. The van der Waals surface area contributed by atoms with Crippen molar-refractivity contribution in [3.05, 3.63) is 64.3 Å². The lowest BCUT2D eigenvalue weighted by Gasteiger charge is -2.37. The van der Waals surface area contributed by atoms with Crippen molar-refractivity contribution >= 4 is 47.4 Å². The van der Waals surface area contributed by atoms with Crippen LogP contribution in [0.1, 0.15) is 18.9 Å². The number of aliphatic hydroxyl groups excluding tert-OH is 1. The first-order valence-electron chi connectivity index (χ1n) is 11.4. The summed E-state index contributed by atoms with van der Waals surface area (Å²) in [4.78, 5) is 15.8. The summed E-state index contributed by atoms with van der Waals surface area (Å²) in [6.07, 6.45) is 2.07. The second-order valence-electron chi connectivity index (χ2n) is 9.53. The third-order valence-corrected chi connectivity index (χ3v) is 12.6. The van der Waals surface area contributed by atoms with E-state index < -0.39 is 13.7 Å². The minimum Gasteiger partial charge on any atom is -0.497 e. The lowest BCUT2D eigenvalue weighted by atomic mass is 9.82. The third kappa shape index (κ3) is 3.77. The average molecular weight is 578 g/mol. The van der Waals surface area contributed by atoms with E-state index in [1.54, 1.807) is 18.1 Å². The molecule has 176 valence electrons. The van der Waals surface area contributed by atoms with Crippen molar-refractivity contribution in [3.8, 4) is 5.75 Å². The number of halogens is 1. The predicted molar refractivity (Wildman–Crippen MR) is 143 cm³/mol. The third-order valence-electron chi connectivity index (χ3n) is 7.52. The van der Waals surface area contributed by atoms with E-state index in [9.17, 15) is 9.90 Å². The Kier molecular flexibility index (Phi) is 6.79. The molecule has 0 unspecified atom stereocenters. The Bertz CT molecular complexity index is 1060. The molecule has 2 heterocycles. The smallest absolute Gasteiger partial charge is 0.264 e. The molecular formula is C26H32INO4Si. The summed E-state index contributed by atoms with van der Waals surface area (Å²) in [5.41, 5.74) is 0.954. The van der Waals surface area contributed by atoms with Crippen LogP contribution in [0.2, 0.25) is 18.6 Å². The molecule has 2 aliphatic heterocycles. The van der Waals surface area contributed by atoms with E-state index in [0.29, 0.717) is 13.0 Å². The Labute approximate surface area is 210 Å². The maximum absolute atomic E-state index is 14.0. The number of anilines is 1. The summed E-state index contributed by atoms with van der Waals surface area (Å²) in [6, 6.07) is 14.4. The van der Waals surface area contributed by atoms with Crippen LogP contribution in [0.15, 0.2) is 55.1 Å². The lowest BCUT2D eigenvalue weighted by Crippen LogP contribution is -2.51. The molecule has 2 aromatic rings. The number of rotatable bonds is 7. The molecule has 0 bridgehead atoms. The fourth-order valence-electron chi connectivity index (χ4n) is 5.99. The zero-order valence-corrected chi connectivity index (χ0v) is 22.8. The number of hydrogen-bond donors (Lipinski definition) is 1. The highest BCUT2D eigenvalue weighted by Crippen LogP contribution is 2.59. The Morgan fingerprint density at radius 3 is 2.58 bits per heavy atom. The molecule has 0 aliphatic carbocycles. The molecule has 4 atom stereocenters. The van der Waals surface area contributed by atoms with Gasteiger partial charge < -0.3 is 19.5 Å². The van der Waals surface area contributed by atoms with Gasteiger partial charge in [0.2, 0.25) is 0 Å². The van der Waals surface area contributed by atoms with E-state index in [1.165, 1.54) is 5.19 Å². The zero-order valence-electron chi connectivity index (χ0n) is 19.7. The van der Waals surface area contributed by atoms with Crippen molar-refractivity contribution in [2.45, 2.75) is 43.7 Å². The van der Waals surface area contributed by atoms with E-state index in [1.807, 2.05) is 24.3 Å². The van der Waals surface area contributed by atoms with Crippen LogP contribution in [0.5, 0.6) is 5.75 Å². The van der Waals surface area contributed by atoms with Crippen LogP contribution < -0.4 is 14.8 Å². The Hall–Kier alpha value is -1.68. The van der Waals surface area contributed by atoms with Gasteiger partial charge in [-0.25, -0.2) is 0 Å². The van der Waals surface area contributed by atoms with E-state index >= 15 is 0 Å². The van der Waals surface area contributed by atoms with Crippen molar-refractivity contribution in [1.29, 1.82) is 0 Å². The van der Waals surface area contributed by atoms with Crippen LogP contribution in [-0.4, -0.2) is 45.5 Å². The van der Waals surface area contributed by atoms with Gasteiger partial charge in [0.15, 0.2) is 5.60 Å². The normalized spacial score (nSPS) is 26.7. The molecule has 33 heavy (non-hydrogen) atoms. The largest absolute Gasteiger partial charge is 0.497 e. The molecule has 1 fully saturated rings. The van der Waals surface area contributed by atoms with Gasteiger partial charge in [-0.3, -0.25) is 4.79 Å². The van der Waals surface area contributed by atoms with Crippen LogP contribution in [-0.2, 0) is 15.1 Å². The summed E-state index contributed by atoms with van der Waals surface area (Å²) in [6.45, 7) is 11.2. The van der Waals surface area contributed by atoms with E-state index in [4.69, 9.17) is 9.47 Å². The van der Waals surface area contributed by atoms with Gasteiger partial charge in [0.05, 0.1) is 27.0 Å². The fourth-order valence-corrected chi connectivity index (χ4v) is 10.5. The molecule has 0 radical (unpaired) electrons. The van der Waals surface area contributed by atoms with Crippen molar-refractivity contribution in [2.75, 3.05) is 25.2 Å². The number of benzene rings is 2. The van der Waals surface area contributed by atoms with Crippen molar-refractivity contribution in [3.63, 3.8) is 0 Å². The molecule has 1 N–H and O–H groups in total. The highest BCUT2D eigenvalue weighted by molar-refractivity contribution is 14.1. The molecule has 1 amide bonds. The maximum Gasteiger partial charge on any atom is 0.264 e. The van der Waals surface area contributed by atoms with Crippen molar-refractivity contribution < 1.29 is 19.4 Å². The van der Waals surface area contributed by atoms with Crippen LogP contribution in [0, 0.1) is 9.49 Å². The minimum absolute atomic E-state index is 0.0168. The summed E-state index contributed by atoms with van der Waals surface area (Å²) in [5, 5.41) is 11.2. The zero-order chi connectivity index (χ0) is 24.0. The number of carbonyl (C=O) groups is 1. The number of fused-ring (bicyclic) bond motifs is 2. The Balaban J connectivity index is 1.84. The number of nitrogens with zero attached hydrogens (tertiary/aromatic N) is 1. The molecule has 0 aromatic heterocycles. The summed E-state index contributed by atoms with van der Waals surface area (Å²) >= 11 is 2.30. The first-order chi connectivity index (χ1) is 15.7. The van der Waals surface area contributed by atoms with Gasteiger partial charge in [-0.1, -0.05) is 43.4 Å². The number of carbonyl (C=O) groups excluding carboxylic acids is 1. The second kappa shape index (κ2) is 9.17. The van der Waals surface area contributed by atoms with Crippen molar-refractivity contribution in [2.24, 2.45) is 5.92 Å². The van der Waals surface area contributed by atoms with Crippen LogP contribution in [0.3, 0.4) is 0 Å². The molecule has 2 aromatic carbocycles. The molecule has 1 saturated heterocycles. The Morgan fingerprint density at radius 1 is 1.27 bits per heavy atom. The fraction of sp³-hybridized carbons (Fsp3) is 0.423. The molecule has 4 rings (SSSR count). The molecule has 2 aliphatic rings. The van der Waals surface area contributed by atoms with E-state index in [2.05, 4.69) is 67.4 Å². The van der Waals surface area contributed by atoms with Crippen LogP contribution in [0.25, 0.3) is 0 Å². The van der Waals surface area contributed by atoms with Crippen LogP contribution >= 0.6 is 22.6 Å². The summed E-state index contributed by atoms with van der Waals surface area (Å²) < 4.78 is 13.3. The first kappa shape index (κ1) is 24.4. The topological polar surface area (TPSA) is 59.0 Å². The number of aliphatic hydroxyl groups is 1. The average Bonchev–Trinajstić information content (AvgIpc) is 3.21. The van der Waals surface area contributed by atoms with E-state index in [-0.39, 0.29) is 30.1 Å². The summed E-state index contributed by atoms with van der Waals surface area (Å²) in [7, 11) is -0.457. The SMILES string of the molecule is C=CCN1C(=O)[C@@]2(O[C@@H](CCO)[C@H]([Si](C)(C)c3ccc(OC)cc3)[C@H]2C)c2cc(I)ccc21. The van der Waals surface area contributed by atoms with Gasteiger partial charge in [0.1, 0.15) is 5.75 Å². The van der Waals surface area contributed by atoms with Crippen LogP contribution in [0.4, 0.5) is 5.69 Å². The number of methoxy groups -OCH3 is 1. The van der Waals surface area contributed by atoms with Gasteiger partial charge in [-0.15, -0.1) is 6.58 Å². The Morgan fingerprint density at radius 2 is 1.97 bits per heavy atom. The lowest BCUT2D eigenvalue weighted by molar-refractivity contribution is -0.146. The molecule has 0 saturated carbocycles. The van der Waals surface area contributed by atoms with Gasteiger partial charge in [0, 0.05) is 28.2 Å². The monoisotopic (exact) mass is 577 g/mol. The summed E-state index contributed by atoms with van der Waals surface area (Å²) in [5.74, 6) is 0.770. The first-order valence-corrected chi connectivity index (χ1v) is 15.5.